The van der Waals surface area contributed by atoms with Crippen molar-refractivity contribution in [2.75, 3.05) is 6.26 Å². The average Bonchev–Trinajstić information content (AvgIpc) is 2.55. The fraction of sp³-hybridized carbons (Fsp3) is 0.529. The fourth-order valence-electron chi connectivity index (χ4n) is 2.78. The molecule has 1 aliphatic carbocycles. The number of nitrogens with one attached hydrogen (secondary N) is 1. The van der Waals surface area contributed by atoms with Gasteiger partial charge in [-0.15, -0.1) is 0 Å². The summed E-state index contributed by atoms with van der Waals surface area (Å²) in [6, 6.07) is 8.14. The molecular weight excluding hydrogens is 328 g/mol. The van der Waals surface area contributed by atoms with E-state index >= 15 is 0 Å². The van der Waals surface area contributed by atoms with Gasteiger partial charge >= 0.3 is 0 Å². The minimum Gasteiger partial charge on any atom is -0.481 e. The molecule has 1 unspecified atom stereocenters. The molecule has 1 atom stereocenters. The van der Waals surface area contributed by atoms with Gasteiger partial charge in [0.1, 0.15) is 11.3 Å². The van der Waals surface area contributed by atoms with Crippen molar-refractivity contribution in [1.82, 2.24) is 5.32 Å². The van der Waals surface area contributed by atoms with Crippen molar-refractivity contribution in [2.45, 2.75) is 55.6 Å². The molecule has 0 aromatic heterocycles. The molecule has 1 amide bonds. The van der Waals surface area contributed by atoms with Gasteiger partial charge in [0, 0.05) is 6.26 Å². The Balaban J connectivity index is 2.00. The number of benzene rings is 1. The van der Waals surface area contributed by atoms with E-state index < -0.39 is 21.5 Å². The second-order valence-corrected chi connectivity index (χ2v) is 8.26. The third-order valence-electron chi connectivity index (χ3n) is 4.22. The Bertz CT molecular complexity index is 729. The quantitative estimate of drug-likeness (QED) is 0.878. The number of nitrogens with zero attached hydrogens (tertiary/aromatic N) is 1. The van der Waals surface area contributed by atoms with Crippen molar-refractivity contribution in [2.24, 2.45) is 0 Å². The van der Waals surface area contributed by atoms with Crippen LogP contribution in [-0.4, -0.2) is 32.2 Å². The lowest BCUT2D eigenvalue weighted by Crippen LogP contribution is -2.52. The fourth-order valence-corrected chi connectivity index (χ4v) is 3.41. The first-order valence-corrected chi connectivity index (χ1v) is 9.85. The van der Waals surface area contributed by atoms with Crippen LogP contribution in [0.1, 0.15) is 39.0 Å². The zero-order chi connectivity index (χ0) is 17.8. The van der Waals surface area contributed by atoms with E-state index in [-0.39, 0.29) is 10.8 Å². The molecule has 1 N–H and O–H groups in total. The van der Waals surface area contributed by atoms with Crippen molar-refractivity contribution in [3.8, 4) is 11.8 Å². The minimum atomic E-state index is -3.27. The summed E-state index contributed by atoms with van der Waals surface area (Å²) in [4.78, 5) is 12.5. The number of carbonyl (C=O) groups is 1. The predicted molar refractivity (Wildman–Crippen MR) is 89.2 cm³/mol. The van der Waals surface area contributed by atoms with Crippen LogP contribution in [0.5, 0.6) is 5.75 Å². The molecular formula is C17H22N2O4S. The van der Waals surface area contributed by atoms with Crippen LogP contribution in [0, 0.1) is 11.3 Å². The highest BCUT2D eigenvalue weighted by Crippen LogP contribution is 2.27. The summed E-state index contributed by atoms with van der Waals surface area (Å²) in [6.45, 7) is 1.60. The highest BCUT2D eigenvalue weighted by Gasteiger charge is 2.35. The smallest absolute Gasteiger partial charge is 0.262 e. The van der Waals surface area contributed by atoms with Gasteiger partial charge in [0.2, 0.25) is 0 Å². The average molecular weight is 350 g/mol. The van der Waals surface area contributed by atoms with E-state index in [0.29, 0.717) is 18.6 Å². The van der Waals surface area contributed by atoms with Gasteiger partial charge in [-0.25, -0.2) is 8.42 Å². The Hall–Kier alpha value is -2.07. The van der Waals surface area contributed by atoms with E-state index in [1.807, 2.05) is 0 Å². The van der Waals surface area contributed by atoms with Gasteiger partial charge in [0.25, 0.3) is 5.91 Å². The van der Waals surface area contributed by atoms with Crippen LogP contribution >= 0.6 is 0 Å². The Labute approximate surface area is 142 Å². The SMILES string of the molecule is CC(Oc1ccc(S(C)(=O)=O)cc1)C(=O)NC1(C#N)CCCCC1. The molecule has 0 aliphatic heterocycles. The zero-order valence-corrected chi connectivity index (χ0v) is 14.7. The number of nitriles is 1. The normalized spacial score (nSPS) is 18.2. The summed E-state index contributed by atoms with van der Waals surface area (Å²) >= 11 is 0. The number of hydrogen-bond donors (Lipinski definition) is 1. The van der Waals surface area contributed by atoms with E-state index in [1.165, 1.54) is 24.3 Å². The standard InChI is InChI=1S/C17H22N2O4S/c1-13(16(20)19-17(12-18)10-4-3-5-11-17)23-14-6-8-15(9-7-14)24(2,21)22/h6-9,13H,3-5,10-11H2,1-2H3,(H,19,20). The predicted octanol–water partition coefficient (Wildman–Crippen LogP) is 2.20. The van der Waals surface area contributed by atoms with Gasteiger partial charge in [0.15, 0.2) is 15.9 Å². The third kappa shape index (κ3) is 4.48. The van der Waals surface area contributed by atoms with E-state index in [2.05, 4.69) is 11.4 Å². The number of carbonyl (C=O) groups excluding carboxylic acids is 1. The van der Waals surface area contributed by atoms with E-state index in [9.17, 15) is 18.5 Å². The number of sulfone groups is 1. The third-order valence-corrected chi connectivity index (χ3v) is 5.35. The van der Waals surface area contributed by atoms with Gasteiger partial charge in [-0.05, 0) is 44.0 Å². The van der Waals surface area contributed by atoms with Crippen molar-refractivity contribution < 1.29 is 17.9 Å². The van der Waals surface area contributed by atoms with E-state index in [0.717, 1.165) is 25.5 Å². The molecule has 130 valence electrons. The molecule has 1 aliphatic rings. The highest BCUT2D eigenvalue weighted by atomic mass is 32.2. The maximum Gasteiger partial charge on any atom is 0.262 e. The lowest BCUT2D eigenvalue weighted by Gasteiger charge is -2.32. The molecule has 2 rings (SSSR count). The molecule has 7 heteroatoms. The van der Waals surface area contributed by atoms with E-state index in [4.69, 9.17) is 4.74 Å². The van der Waals surface area contributed by atoms with Crippen LogP contribution in [0.2, 0.25) is 0 Å². The van der Waals surface area contributed by atoms with Crippen molar-refractivity contribution >= 4 is 15.7 Å². The molecule has 0 radical (unpaired) electrons. The van der Waals surface area contributed by atoms with Gasteiger partial charge in [0.05, 0.1) is 11.0 Å². The van der Waals surface area contributed by atoms with Crippen LogP contribution in [0.25, 0.3) is 0 Å². The maximum absolute atomic E-state index is 12.3. The van der Waals surface area contributed by atoms with Crippen LogP contribution in [0.3, 0.4) is 0 Å². The topological polar surface area (TPSA) is 96.3 Å². The molecule has 1 saturated carbocycles. The van der Waals surface area contributed by atoms with E-state index in [1.54, 1.807) is 6.92 Å². The molecule has 0 saturated heterocycles. The lowest BCUT2D eigenvalue weighted by molar-refractivity contribution is -0.129. The van der Waals surface area contributed by atoms with Gasteiger partial charge in [-0.2, -0.15) is 5.26 Å². The summed E-state index contributed by atoms with van der Waals surface area (Å²) in [7, 11) is -3.27. The number of hydrogen-bond acceptors (Lipinski definition) is 5. The maximum atomic E-state index is 12.3. The van der Waals surface area contributed by atoms with Crippen LogP contribution in [-0.2, 0) is 14.6 Å². The van der Waals surface area contributed by atoms with Crippen molar-refractivity contribution in [3.63, 3.8) is 0 Å². The first-order chi connectivity index (χ1) is 11.3. The molecule has 1 aromatic rings. The Morgan fingerprint density at radius 3 is 2.33 bits per heavy atom. The largest absolute Gasteiger partial charge is 0.481 e. The zero-order valence-electron chi connectivity index (χ0n) is 13.9. The summed E-state index contributed by atoms with van der Waals surface area (Å²) in [5.74, 6) is 0.0605. The summed E-state index contributed by atoms with van der Waals surface area (Å²) in [5, 5.41) is 12.2. The Kier molecular flexibility index (Phi) is 5.50. The minimum absolute atomic E-state index is 0.192. The number of amides is 1. The van der Waals surface area contributed by atoms with Crippen LogP contribution in [0.4, 0.5) is 0 Å². The first-order valence-electron chi connectivity index (χ1n) is 7.96. The molecule has 1 fully saturated rings. The van der Waals surface area contributed by atoms with Crippen LogP contribution < -0.4 is 10.1 Å². The summed E-state index contributed by atoms with van der Waals surface area (Å²) in [5.41, 5.74) is -0.799. The number of rotatable bonds is 5. The molecule has 0 spiro atoms. The van der Waals surface area contributed by atoms with Gasteiger partial charge in [-0.3, -0.25) is 4.79 Å². The summed E-state index contributed by atoms with van der Waals surface area (Å²) in [6.07, 6.45) is 4.60. The Morgan fingerprint density at radius 1 is 1.25 bits per heavy atom. The monoisotopic (exact) mass is 350 g/mol. The number of ether oxygens (including phenoxy) is 1. The molecule has 0 bridgehead atoms. The molecule has 24 heavy (non-hydrogen) atoms. The second kappa shape index (κ2) is 7.22. The highest BCUT2D eigenvalue weighted by molar-refractivity contribution is 7.90. The molecule has 1 aromatic carbocycles. The first kappa shape index (κ1) is 18.3. The van der Waals surface area contributed by atoms with Crippen LogP contribution in [0.15, 0.2) is 29.2 Å². The Morgan fingerprint density at radius 2 is 1.83 bits per heavy atom. The van der Waals surface area contributed by atoms with Gasteiger partial charge < -0.3 is 10.1 Å². The van der Waals surface area contributed by atoms with Crippen molar-refractivity contribution in [3.05, 3.63) is 24.3 Å². The van der Waals surface area contributed by atoms with Crippen molar-refractivity contribution in [1.29, 1.82) is 5.26 Å². The lowest BCUT2D eigenvalue weighted by atomic mass is 9.83. The second-order valence-electron chi connectivity index (χ2n) is 6.25. The van der Waals surface area contributed by atoms with Gasteiger partial charge in [-0.1, -0.05) is 19.3 Å². The molecule has 0 heterocycles. The summed E-state index contributed by atoms with van der Waals surface area (Å²) < 4.78 is 28.4. The molecule has 6 nitrogen and oxygen atoms in total.